The molecule has 4 aromatic rings. The molecule has 4 rings (SSSR count). The van der Waals surface area contributed by atoms with E-state index in [1.807, 2.05) is 24.3 Å². The number of halogens is 3. The summed E-state index contributed by atoms with van der Waals surface area (Å²) < 4.78 is 17.1. The zero-order valence-corrected chi connectivity index (χ0v) is 20.3. The van der Waals surface area contributed by atoms with Gasteiger partial charge in [0, 0.05) is 19.9 Å². The Kier molecular flexibility index (Phi) is 7.10. The first-order valence-electron chi connectivity index (χ1n) is 9.91. The van der Waals surface area contributed by atoms with Crippen molar-refractivity contribution in [2.75, 3.05) is 0 Å². The molecule has 1 N–H and O–H groups in total. The monoisotopic (exact) mass is 570 g/mol. The number of nitrogens with zero attached hydrogens (tertiary/aromatic N) is 3. The largest absolute Gasteiger partial charge is 0.274 e. The molecule has 0 radical (unpaired) electrons. The first-order valence-corrected chi connectivity index (χ1v) is 11.5. The van der Waals surface area contributed by atoms with Crippen molar-refractivity contribution in [3.05, 3.63) is 109 Å². The Balaban J connectivity index is 1.59. The highest BCUT2D eigenvalue weighted by Crippen LogP contribution is 2.18. The van der Waals surface area contributed by atoms with Crippen molar-refractivity contribution < 1.29 is 9.18 Å². The Morgan fingerprint density at radius 1 is 1.03 bits per heavy atom. The van der Waals surface area contributed by atoms with Gasteiger partial charge in [0.05, 0.1) is 30.3 Å². The molecule has 9 heteroatoms. The Morgan fingerprint density at radius 3 is 2.45 bits per heavy atom. The number of amides is 1. The van der Waals surface area contributed by atoms with E-state index in [4.69, 9.17) is 0 Å². The van der Waals surface area contributed by atoms with Crippen LogP contribution in [0.4, 0.5) is 4.39 Å². The van der Waals surface area contributed by atoms with E-state index >= 15 is 0 Å². The SMILES string of the molecule is O=C(Cc1nn(Cc2ccc(Br)cc2F)c(=O)c2ccccc12)N/N=C/c1ccc(Br)cc1. The quantitative estimate of drug-likeness (QED) is 0.267. The van der Waals surface area contributed by atoms with Gasteiger partial charge in [-0.25, -0.2) is 14.5 Å². The van der Waals surface area contributed by atoms with E-state index < -0.39 is 5.82 Å². The molecule has 0 unspecified atom stereocenters. The fraction of sp³-hybridized carbons (Fsp3) is 0.0833. The minimum Gasteiger partial charge on any atom is -0.273 e. The molecular formula is C24H17Br2FN4O2. The average molecular weight is 572 g/mol. The first kappa shape index (κ1) is 23.0. The Morgan fingerprint density at radius 2 is 1.73 bits per heavy atom. The Hall–Kier alpha value is -3.17. The second-order valence-corrected chi connectivity index (χ2v) is 9.04. The maximum atomic E-state index is 14.3. The molecule has 3 aromatic carbocycles. The van der Waals surface area contributed by atoms with Crippen LogP contribution in [0.25, 0.3) is 10.8 Å². The van der Waals surface area contributed by atoms with Gasteiger partial charge >= 0.3 is 0 Å². The van der Waals surface area contributed by atoms with Gasteiger partial charge in [0.15, 0.2) is 0 Å². The number of carbonyl (C=O) groups is 1. The predicted molar refractivity (Wildman–Crippen MR) is 133 cm³/mol. The third kappa shape index (κ3) is 5.61. The lowest BCUT2D eigenvalue weighted by Gasteiger charge is -2.11. The fourth-order valence-corrected chi connectivity index (χ4v) is 3.87. The van der Waals surface area contributed by atoms with Crippen molar-refractivity contribution in [2.45, 2.75) is 13.0 Å². The lowest BCUT2D eigenvalue weighted by Crippen LogP contribution is -2.28. The van der Waals surface area contributed by atoms with Crippen LogP contribution in [0.3, 0.4) is 0 Å². The molecule has 0 fully saturated rings. The predicted octanol–water partition coefficient (Wildman–Crippen LogP) is 4.80. The summed E-state index contributed by atoms with van der Waals surface area (Å²) in [5.74, 6) is -0.839. The topological polar surface area (TPSA) is 76.3 Å². The third-order valence-electron chi connectivity index (χ3n) is 4.88. The second-order valence-electron chi connectivity index (χ2n) is 7.21. The zero-order chi connectivity index (χ0) is 23.4. The van der Waals surface area contributed by atoms with Crippen LogP contribution < -0.4 is 11.0 Å². The van der Waals surface area contributed by atoms with E-state index in [1.165, 1.54) is 17.0 Å². The van der Waals surface area contributed by atoms with Crippen molar-refractivity contribution >= 4 is 54.8 Å². The van der Waals surface area contributed by atoms with Gasteiger partial charge in [-0.3, -0.25) is 9.59 Å². The van der Waals surface area contributed by atoms with E-state index in [0.29, 0.717) is 26.5 Å². The van der Waals surface area contributed by atoms with Crippen LogP contribution >= 0.6 is 31.9 Å². The molecular weight excluding hydrogens is 555 g/mol. The van der Waals surface area contributed by atoms with E-state index in [1.54, 1.807) is 36.4 Å². The Bertz CT molecular complexity index is 1420. The van der Waals surface area contributed by atoms with Gasteiger partial charge in [-0.15, -0.1) is 0 Å². The van der Waals surface area contributed by atoms with E-state index in [-0.39, 0.29) is 24.4 Å². The van der Waals surface area contributed by atoms with Crippen LogP contribution in [0.15, 0.2) is 85.6 Å². The van der Waals surface area contributed by atoms with Crippen molar-refractivity contribution in [1.29, 1.82) is 0 Å². The van der Waals surface area contributed by atoms with Gasteiger partial charge in [-0.2, -0.15) is 10.2 Å². The summed E-state index contributed by atoms with van der Waals surface area (Å²) in [5.41, 5.74) is 3.67. The van der Waals surface area contributed by atoms with Crippen LogP contribution in [-0.4, -0.2) is 21.9 Å². The van der Waals surface area contributed by atoms with E-state index in [2.05, 4.69) is 47.5 Å². The van der Waals surface area contributed by atoms with Gasteiger partial charge in [0.2, 0.25) is 5.91 Å². The number of aromatic nitrogens is 2. The standard InChI is InChI=1S/C24H17Br2FN4O2/c25-17-8-5-15(6-9-17)13-28-29-23(32)12-22-19-3-1-2-4-20(19)24(33)31(30-22)14-16-7-10-18(26)11-21(16)27/h1-11,13H,12,14H2,(H,29,32)/b28-13+. The summed E-state index contributed by atoms with van der Waals surface area (Å²) >= 11 is 6.59. The van der Waals surface area contributed by atoms with Crippen molar-refractivity contribution in [3.63, 3.8) is 0 Å². The highest BCUT2D eigenvalue weighted by Gasteiger charge is 2.15. The summed E-state index contributed by atoms with van der Waals surface area (Å²) in [5, 5.41) is 9.35. The van der Waals surface area contributed by atoms with Crippen molar-refractivity contribution in [2.24, 2.45) is 5.10 Å². The minimum absolute atomic E-state index is 0.0564. The van der Waals surface area contributed by atoms with E-state index in [0.717, 1.165) is 10.0 Å². The lowest BCUT2D eigenvalue weighted by molar-refractivity contribution is -0.120. The maximum absolute atomic E-state index is 14.3. The molecule has 0 aliphatic heterocycles. The maximum Gasteiger partial charge on any atom is 0.274 e. The number of benzene rings is 3. The molecule has 0 saturated heterocycles. The highest BCUT2D eigenvalue weighted by atomic mass is 79.9. The summed E-state index contributed by atoms with van der Waals surface area (Å²) in [4.78, 5) is 25.5. The number of hydrogen-bond donors (Lipinski definition) is 1. The lowest BCUT2D eigenvalue weighted by atomic mass is 10.1. The van der Waals surface area contributed by atoms with Gasteiger partial charge in [-0.1, -0.05) is 68.3 Å². The van der Waals surface area contributed by atoms with Crippen LogP contribution in [0, 0.1) is 5.82 Å². The average Bonchev–Trinajstić information content (AvgIpc) is 2.80. The number of hydrogen-bond acceptors (Lipinski definition) is 4. The molecule has 1 heterocycles. The first-order chi connectivity index (χ1) is 15.9. The van der Waals surface area contributed by atoms with Gasteiger partial charge in [0.1, 0.15) is 5.82 Å². The molecule has 0 aliphatic rings. The molecule has 0 atom stereocenters. The smallest absolute Gasteiger partial charge is 0.273 e. The molecule has 33 heavy (non-hydrogen) atoms. The van der Waals surface area contributed by atoms with Crippen LogP contribution in [0.2, 0.25) is 0 Å². The van der Waals surface area contributed by atoms with Crippen molar-refractivity contribution in [1.82, 2.24) is 15.2 Å². The zero-order valence-electron chi connectivity index (χ0n) is 17.1. The molecule has 1 amide bonds. The third-order valence-corrected chi connectivity index (χ3v) is 5.90. The molecule has 0 saturated carbocycles. The molecule has 1 aromatic heterocycles. The highest BCUT2D eigenvalue weighted by molar-refractivity contribution is 9.10. The van der Waals surface area contributed by atoms with Crippen LogP contribution in [0.1, 0.15) is 16.8 Å². The fourth-order valence-electron chi connectivity index (χ4n) is 3.27. The number of nitrogens with one attached hydrogen (secondary N) is 1. The Labute approximate surface area is 205 Å². The van der Waals surface area contributed by atoms with Gasteiger partial charge < -0.3 is 0 Å². The molecule has 0 bridgehead atoms. The number of rotatable bonds is 6. The summed E-state index contributed by atoms with van der Waals surface area (Å²) in [6.45, 7) is -0.0564. The minimum atomic E-state index is -0.451. The van der Waals surface area contributed by atoms with Gasteiger partial charge in [-0.05, 0) is 35.9 Å². The molecule has 6 nitrogen and oxygen atoms in total. The number of carbonyl (C=O) groups excluding carboxylic acids is 1. The summed E-state index contributed by atoms with van der Waals surface area (Å²) in [7, 11) is 0. The molecule has 0 spiro atoms. The summed E-state index contributed by atoms with van der Waals surface area (Å²) in [6.07, 6.45) is 1.44. The normalized spacial score (nSPS) is 11.2. The second kappa shape index (κ2) is 10.2. The summed E-state index contributed by atoms with van der Waals surface area (Å²) in [6, 6.07) is 19.0. The number of fused-ring (bicyclic) bond motifs is 1. The number of hydrazone groups is 1. The van der Waals surface area contributed by atoms with Crippen molar-refractivity contribution in [3.8, 4) is 0 Å². The molecule has 166 valence electrons. The molecule has 0 aliphatic carbocycles. The van der Waals surface area contributed by atoms with E-state index in [9.17, 15) is 14.0 Å². The van der Waals surface area contributed by atoms with Crippen LogP contribution in [-0.2, 0) is 17.8 Å². The van der Waals surface area contributed by atoms with Gasteiger partial charge in [0.25, 0.3) is 5.56 Å². The van der Waals surface area contributed by atoms with Crippen LogP contribution in [0.5, 0.6) is 0 Å².